The van der Waals surface area contributed by atoms with E-state index in [0.717, 1.165) is 5.56 Å². The molecule has 0 saturated carbocycles. The van der Waals surface area contributed by atoms with E-state index in [2.05, 4.69) is 26.1 Å². The topological polar surface area (TPSA) is 25.8 Å². The van der Waals surface area contributed by atoms with Crippen molar-refractivity contribution in [1.29, 1.82) is 0 Å². The fourth-order valence-corrected chi connectivity index (χ4v) is 3.10. The molecule has 0 atom stereocenters. The average molecular weight is 375 g/mol. The van der Waals surface area contributed by atoms with E-state index in [9.17, 15) is 8.78 Å². The summed E-state index contributed by atoms with van der Waals surface area (Å²) >= 11 is 3.30. The zero-order valence-electron chi connectivity index (χ0n) is 12.6. The Hall–Kier alpha value is -2.14. The van der Waals surface area contributed by atoms with Crippen LogP contribution in [0.1, 0.15) is 11.3 Å². The van der Waals surface area contributed by atoms with Crippen molar-refractivity contribution in [2.75, 3.05) is 0 Å². The summed E-state index contributed by atoms with van der Waals surface area (Å²) in [5.41, 5.74) is 2.90. The normalized spacial score (nSPS) is 10.8. The lowest BCUT2D eigenvalue weighted by molar-refractivity contribution is 0.587. The van der Waals surface area contributed by atoms with Gasteiger partial charge in [-0.05, 0) is 53.0 Å². The Labute approximate surface area is 141 Å². The Morgan fingerprint density at radius 3 is 2.04 bits per heavy atom. The maximum absolute atomic E-state index is 14.5. The number of aryl methyl sites for hydroxylation is 2. The van der Waals surface area contributed by atoms with E-state index in [-0.39, 0.29) is 5.56 Å². The highest BCUT2D eigenvalue weighted by molar-refractivity contribution is 9.10. The monoisotopic (exact) mass is 374 g/mol. The van der Waals surface area contributed by atoms with Crippen LogP contribution < -0.4 is 0 Å². The van der Waals surface area contributed by atoms with Crippen molar-refractivity contribution in [2.45, 2.75) is 13.8 Å². The van der Waals surface area contributed by atoms with Crippen LogP contribution in [0.4, 0.5) is 8.78 Å². The van der Waals surface area contributed by atoms with Gasteiger partial charge in [-0.3, -0.25) is 0 Å². The molecule has 23 heavy (non-hydrogen) atoms. The van der Waals surface area contributed by atoms with Gasteiger partial charge in [-0.25, -0.2) is 8.78 Å². The molecule has 0 aliphatic carbocycles. The summed E-state index contributed by atoms with van der Waals surface area (Å²) in [7, 11) is 0. The zero-order chi connectivity index (χ0) is 16.6. The van der Waals surface area contributed by atoms with Crippen LogP contribution in [0, 0.1) is 25.5 Å². The molecule has 5 heteroatoms. The summed E-state index contributed by atoms with van der Waals surface area (Å²) in [6.07, 6.45) is 0. The van der Waals surface area contributed by atoms with E-state index < -0.39 is 11.6 Å². The first-order chi connectivity index (χ1) is 11.0. The number of nitrogens with zero attached hydrogens (tertiary/aromatic N) is 2. The number of rotatable bonds is 2. The SMILES string of the molecule is Cc1cc(F)c(-c2c(Br)nnc(C)c2-c2ccccc2)c(F)c1. The second-order valence-corrected chi connectivity index (χ2v) is 6.05. The van der Waals surface area contributed by atoms with E-state index in [1.165, 1.54) is 12.1 Å². The molecule has 0 saturated heterocycles. The Kier molecular flexibility index (Phi) is 4.22. The first kappa shape index (κ1) is 15.7. The highest BCUT2D eigenvalue weighted by Gasteiger charge is 2.22. The van der Waals surface area contributed by atoms with Gasteiger partial charge >= 0.3 is 0 Å². The molecule has 2 aromatic carbocycles. The molecule has 1 heterocycles. The number of benzene rings is 2. The third-order valence-corrected chi connectivity index (χ3v) is 4.16. The van der Waals surface area contributed by atoms with Crippen molar-refractivity contribution in [1.82, 2.24) is 10.2 Å². The second-order valence-electron chi connectivity index (χ2n) is 5.30. The molecule has 116 valence electrons. The minimum Gasteiger partial charge on any atom is -0.206 e. The first-order valence-corrected chi connectivity index (χ1v) is 7.82. The van der Waals surface area contributed by atoms with Crippen LogP contribution in [0.5, 0.6) is 0 Å². The van der Waals surface area contributed by atoms with Gasteiger partial charge in [0.25, 0.3) is 0 Å². The van der Waals surface area contributed by atoms with Gasteiger partial charge in [-0.2, -0.15) is 5.10 Å². The van der Waals surface area contributed by atoms with Crippen LogP contribution in [0.2, 0.25) is 0 Å². The first-order valence-electron chi connectivity index (χ1n) is 7.03. The Bertz CT molecular complexity index is 857. The third kappa shape index (κ3) is 2.88. The van der Waals surface area contributed by atoms with Crippen LogP contribution >= 0.6 is 15.9 Å². The summed E-state index contributed by atoms with van der Waals surface area (Å²) in [5, 5.41) is 8.06. The molecule has 0 N–H and O–H groups in total. The molecule has 3 aromatic rings. The highest BCUT2D eigenvalue weighted by Crippen LogP contribution is 2.40. The number of halogens is 3. The van der Waals surface area contributed by atoms with E-state index in [1.807, 2.05) is 30.3 Å². The number of hydrogen-bond donors (Lipinski definition) is 0. The fraction of sp³-hybridized carbons (Fsp3) is 0.111. The number of aromatic nitrogens is 2. The average Bonchev–Trinajstić information content (AvgIpc) is 2.50. The lowest BCUT2D eigenvalue weighted by Crippen LogP contribution is -2.01. The predicted molar refractivity (Wildman–Crippen MR) is 90.0 cm³/mol. The van der Waals surface area contributed by atoms with Crippen LogP contribution in [0.15, 0.2) is 47.1 Å². The Morgan fingerprint density at radius 2 is 1.43 bits per heavy atom. The summed E-state index contributed by atoms with van der Waals surface area (Å²) in [6.45, 7) is 3.43. The second kappa shape index (κ2) is 6.16. The van der Waals surface area contributed by atoms with E-state index in [0.29, 0.717) is 27.0 Å². The van der Waals surface area contributed by atoms with E-state index >= 15 is 0 Å². The van der Waals surface area contributed by atoms with Gasteiger partial charge < -0.3 is 0 Å². The van der Waals surface area contributed by atoms with E-state index in [4.69, 9.17) is 0 Å². The van der Waals surface area contributed by atoms with Gasteiger partial charge in [0.05, 0.1) is 11.3 Å². The molecular formula is C18H13BrF2N2. The van der Waals surface area contributed by atoms with Crippen LogP contribution in [-0.2, 0) is 0 Å². The lowest BCUT2D eigenvalue weighted by atomic mass is 9.94. The molecule has 0 fully saturated rings. The van der Waals surface area contributed by atoms with Gasteiger partial charge in [-0.15, -0.1) is 5.10 Å². The zero-order valence-corrected chi connectivity index (χ0v) is 14.2. The molecule has 2 nitrogen and oxygen atoms in total. The van der Waals surface area contributed by atoms with Crippen molar-refractivity contribution >= 4 is 15.9 Å². The standard InChI is InChI=1S/C18H13BrF2N2/c1-10-8-13(20)16(14(21)9-10)17-15(11(2)22-23-18(17)19)12-6-4-3-5-7-12/h3-9H,1-2H3. The molecule has 0 aliphatic rings. The summed E-state index contributed by atoms with van der Waals surface area (Å²) in [5.74, 6) is -1.24. The van der Waals surface area contributed by atoms with Crippen molar-refractivity contribution in [3.63, 3.8) is 0 Å². The molecule has 3 rings (SSSR count). The van der Waals surface area contributed by atoms with Crippen molar-refractivity contribution in [2.24, 2.45) is 0 Å². The molecule has 0 amide bonds. The Balaban J connectivity index is 2.40. The molecule has 1 aromatic heterocycles. The minimum atomic E-state index is -0.618. The molecule has 0 spiro atoms. The predicted octanol–water partition coefficient (Wildman–Crippen LogP) is 5.47. The largest absolute Gasteiger partial charge is 0.206 e. The molecule has 0 bridgehead atoms. The quantitative estimate of drug-likeness (QED) is 0.594. The van der Waals surface area contributed by atoms with Crippen molar-refractivity contribution < 1.29 is 8.78 Å². The molecular weight excluding hydrogens is 362 g/mol. The Morgan fingerprint density at radius 1 is 0.826 bits per heavy atom. The molecule has 0 unspecified atom stereocenters. The van der Waals surface area contributed by atoms with Crippen LogP contribution in [-0.4, -0.2) is 10.2 Å². The minimum absolute atomic E-state index is 0.0978. The van der Waals surface area contributed by atoms with Gasteiger partial charge in [0.1, 0.15) is 16.2 Å². The molecule has 0 radical (unpaired) electrons. The summed E-state index contributed by atoms with van der Waals surface area (Å²) in [4.78, 5) is 0. The molecule has 0 aliphatic heterocycles. The third-order valence-electron chi connectivity index (χ3n) is 3.60. The van der Waals surface area contributed by atoms with Crippen LogP contribution in [0.25, 0.3) is 22.3 Å². The van der Waals surface area contributed by atoms with Gasteiger partial charge in [0.15, 0.2) is 0 Å². The fourth-order valence-electron chi connectivity index (χ4n) is 2.63. The van der Waals surface area contributed by atoms with Gasteiger partial charge in [0, 0.05) is 11.1 Å². The smallest absolute Gasteiger partial charge is 0.137 e. The van der Waals surface area contributed by atoms with E-state index in [1.54, 1.807) is 13.8 Å². The highest BCUT2D eigenvalue weighted by atomic mass is 79.9. The van der Waals surface area contributed by atoms with Gasteiger partial charge in [0.2, 0.25) is 0 Å². The maximum atomic E-state index is 14.5. The van der Waals surface area contributed by atoms with Crippen LogP contribution in [0.3, 0.4) is 0 Å². The number of hydrogen-bond acceptors (Lipinski definition) is 2. The van der Waals surface area contributed by atoms with Crippen molar-refractivity contribution in [3.8, 4) is 22.3 Å². The summed E-state index contributed by atoms with van der Waals surface area (Å²) in [6, 6.07) is 12.0. The maximum Gasteiger partial charge on any atom is 0.137 e. The summed E-state index contributed by atoms with van der Waals surface area (Å²) < 4.78 is 29.3. The van der Waals surface area contributed by atoms with Crippen molar-refractivity contribution in [3.05, 3.63) is 70.0 Å². The lowest BCUT2D eigenvalue weighted by Gasteiger charge is -2.15. The van der Waals surface area contributed by atoms with Gasteiger partial charge in [-0.1, -0.05) is 30.3 Å².